The van der Waals surface area contributed by atoms with E-state index in [0.29, 0.717) is 6.54 Å². The third-order valence-corrected chi connectivity index (χ3v) is 5.76. The number of nitrogens with one attached hydrogen (secondary N) is 2. The van der Waals surface area contributed by atoms with Gasteiger partial charge < -0.3 is 20.5 Å². The van der Waals surface area contributed by atoms with E-state index < -0.39 is 46.4 Å². The van der Waals surface area contributed by atoms with Crippen molar-refractivity contribution in [2.75, 3.05) is 6.54 Å². The van der Waals surface area contributed by atoms with E-state index in [0.717, 1.165) is 19.3 Å². The molecule has 1 rings (SSSR count). The van der Waals surface area contributed by atoms with E-state index in [1.54, 1.807) is 0 Å². The number of rotatable bonds is 15. The van der Waals surface area contributed by atoms with Crippen LogP contribution in [0.4, 0.5) is 0 Å². The standard InChI is InChI=1S/C20H36N2O8S/c1-4-5-6-7-8-9-10-11-12-21-18(23)15(13-14(2)3)22-19(24)16-17(20(25)26)30-31(27,28)29-16/h14-17H,4-13H2,1-3H3,(H,21,23)(H,22,24)(H,25,26)/p-1/t15-,16-,17-/m0/s1. The van der Waals surface area contributed by atoms with E-state index in [1.807, 2.05) is 13.8 Å². The summed E-state index contributed by atoms with van der Waals surface area (Å²) in [5.41, 5.74) is 0. The molecule has 1 saturated heterocycles. The second kappa shape index (κ2) is 13.6. The summed E-state index contributed by atoms with van der Waals surface area (Å²) >= 11 is 0. The van der Waals surface area contributed by atoms with Gasteiger partial charge in [0.25, 0.3) is 5.91 Å². The van der Waals surface area contributed by atoms with Crippen molar-refractivity contribution in [3.8, 4) is 0 Å². The molecule has 1 fully saturated rings. The summed E-state index contributed by atoms with van der Waals surface area (Å²) in [6.45, 7) is 6.34. The highest BCUT2D eigenvalue weighted by molar-refractivity contribution is 7.82. The summed E-state index contributed by atoms with van der Waals surface area (Å²) in [6, 6.07) is -0.962. The molecule has 10 nitrogen and oxygen atoms in total. The molecule has 2 amide bonds. The number of carbonyl (C=O) groups excluding carboxylic acids is 3. The number of carbonyl (C=O) groups is 3. The highest BCUT2D eigenvalue weighted by Crippen LogP contribution is 2.21. The van der Waals surface area contributed by atoms with E-state index in [-0.39, 0.29) is 12.3 Å². The van der Waals surface area contributed by atoms with Gasteiger partial charge in [-0.25, -0.2) is 8.37 Å². The van der Waals surface area contributed by atoms with Crippen LogP contribution in [-0.2, 0) is 33.1 Å². The van der Waals surface area contributed by atoms with Gasteiger partial charge in [-0.15, -0.1) is 0 Å². The fourth-order valence-electron chi connectivity index (χ4n) is 3.27. The summed E-state index contributed by atoms with van der Waals surface area (Å²) in [6.07, 6.45) is 5.24. The van der Waals surface area contributed by atoms with Gasteiger partial charge in [-0.05, 0) is 18.8 Å². The number of carboxylic acid groups (broad SMARTS) is 1. The van der Waals surface area contributed by atoms with Crippen LogP contribution in [0.5, 0.6) is 0 Å². The van der Waals surface area contributed by atoms with Gasteiger partial charge in [-0.1, -0.05) is 65.7 Å². The highest BCUT2D eigenvalue weighted by atomic mass is 32.3. The van der Waals surface area contributed by atoms with Crippen molar-refractivity contribution in [2.45, 2.75) is 96.8 Å². The number of hydrogen-bond acceptors (Lipinski definition) is 8. The first-order chi connectivity index (χ1) is 14.6. The SMILES string of the molecule is CCCCCCCCCCNC(=O)[C@H](CC(C)C)NC(=O)[C@H]1OS(=O)(=O)O[C@@H]1C(=O)[O-]. The van der Waals surface area contributed by atoms with Crippen molar-refractivity contribution in [1.29, 1.82) is 0 Å². The Morgan fingerprint density at radius 1 is 0.935 bits per heavy atom. The lowest BCUT2D eigenvalue weighted by Gasteiger charge is -2.22. The summed E-state index contributed by atoms with van der Waals surface area (Å²) < 4.78 is 31.4. The third kappa shape index (κ3) is 10.4. The minimum absolute atomic E-state index is 0.0422. The summed E-state index contributed by atoms with van der Waals surface area (Å²) in [7, 11) is -4.63. The van der Waals surface area contributed by atoms with Crippen molar-refractivity contribution in [1.82, 2.24) is 10.6 Å². The van der Waals surface area contributed by atoms with Crippen LogP contribution in [-0.4, -0.2) is 51.0 Å². The lowest BCUT2D eigenvalue weighted by Crippen LogP contribution is -2.54. The Kier molecular flexibility index (Phi) is 12.0. The fraction of sp³-hybridized carbons (Fsp3) is 0.850. The predicted molar refractivity (Wildman–Crippen MR) is 111 cm³/mol. The number of amides is 2. The Balaban J connectivity index is 2.51. The molecule has 11 heteroatoms. The number of hydrogen-bond donors (Lipinski definition) is 2. The Morgan fingerprint density at radius 2 is 1.48 bits per heavy atom. The maximum absolute atomic E-state index is 12.5. The van der Waals surface area contributed by atoms with Gasteiger partial charge in [-0.2, -0.15) is 8.42 Å². The smallest absolute Gasteiger partial charge is 0.401 e. The van der Waals surface area contributed by atoms with Crippen LogP contribution < -0.4 is 15.7 Å². The first-order valence-electron chi connectivity index (χ1n) is 11.0. The molecule has 3 atom stereocenters. The first kappa shape index (κ1) is 27.3. The Hall–Kier alpha value is -1.72. The fourth-order valence-corrected chi connectivity index (χ4v) is 4.19. The van der Waals surface area contributed by atoms with Crippen LogP contribution in [0.25, 0.3) is 0 Å². The zero-order valence-electron chi connectivity index (χ0n) is 18.6. The molecule has 0 aliphatic carbocycles. The minimum Gasteiger partial charge on any atom is -0.547 e. The molecule has 31 heavy (non-hydrogen) atoms. The van der Waals surface area contributed by atoms with Crippen molar-refractivity contribution < 1.29 is 36.3 Å². The first-order valence-corrected chi connectivity index (χ1v) is 12.3. The summed E-state index contributed by atoms with van der Waals surface area (Å²) in [4.78, 5) is 36.0. The quantitative estimate of drug-likeness (QED) is 0.334. The lowest BCUT2D eigenvalue weighted by atomic mass is 10.0. The van der Waals surface area contributed by atoms with Crippen molar-refractivity contribution in [3.05, 3.63) is 0 Å². The topological polar surface area (TPSA) is 151 Å². The molecular weight excluding hydrogens is 428 g/mol. The van der Waals surface area contributed by atoms with Crippen LogP contribution in [0.1, 0.15) is 78.6 Å². The maximum Gasteiger partial charge on any atom is 0.401 e. The average Bonchev–Trinajstić information content (AvgIpc) is 3.01. The van der Waals surface area contributed by atoms with Crippen LogP contribution in [0, 0.1) is 5.92 Å². The van der Waals surface area contributed by atoms with E-state index in [1.165, 1.54) is 32.1 Å². The molecule has 0 unspecified atom stereocenters. The van der Waals surface area contributed by atoms with Crippen LogP contribution in [0.3, 0.4) is 0 Å². The zero-order valence-corrected chi connectivity index (χ0v) is 19.4. The molecule has 0 spiro atoms. The third-order valence-electron chi connectivity index (χ3n) is 4.88. The zero-order chi connectivity index (χ0) is 23.4. The molecule has 1 heterocycles. The average molecular weight is 464 g/mol. The van der Waals surface area contributed by atoms with E-state index >= 15 is 0 Å². The normalized spacial score (nSPS) is 21.0. The van der Waals surface area contributed by atoms with Crippen LogP contribution in [0.2, 0.25) is 0 Å². The van der Waals surface area contributed by atoms with E-state index in [4.69, 9.17) is 0 Å². The molecule has 0 aromatic carbocycles. The monoisotopic (exact) mass is 463 g/mol. The molecule has 1 aliphatic rings. The molecule has 0 aromatic heterocycles. The molecule has 180 valence electrons. The van der Waals surface area contributed by atoms with Gasteiger partial charge in [0, 0.05) is 6.54 Å². The molecular formula is C20H35N2O8S-. The number of aliphatic carboxylic acids is 1. The van der Waals surface area contributed by atoms with Gasteiger partial charge in [-0.3, -0.25) is 9.59 Å². The minimum atomic E-state index is -4.63. The molecule has 0 bridgehead atoms. The van der Waals surface area contributed by atoms with Gasteiger partial charge in [0.05, 0.1) is 5.97 Å². The van der Waals surface area contributed by atoms with E-state index in [9.17, 15) is 27.9 Å². The Morgan fingerprint density at radius 3 is 2.03 bits per heavy atom. The molecule has 0 radical (unpaired) electrons. The highest BCUT2D eigenvalue weighted by Gasteiger charge is 2.46. The molecule has 0 aromatic rings. The predicted octanol–water partition coefficient (Wildman–Crippen LogP) is 0.553. The van der Waals surface area contributed by atoms with Crippen LogP contribution >= 0.6 is 0 Å². The number of carboxylic acids is 1. The van der Waals surface area contributed by atoms with Gasteiger partial charge >= 0.3 is 10.4 Å². The lowest BCUT2D eigenvalue weighted by molar-refractivity contribution is -0.314. The van der Waals surface area contributed by atoms with Crippen molar-refractivity contribution >= 4 is 28.2 Å². The van der Waals surface area contributed by atoms with Gasteiger partial charge in [0.1, 0.15) is 6.04 Å². The number of unbranched alkanes of at least 4 members (excludes halogenated alkanes) is 7. The van der Waals surface area contributed by atoms with Gasteiger partial charge in [0.2, 0.25) is 5.91 Å². The second-order valence-corrected chi connectivity index (χ2v) is 9.42. The van der Waals surface area contributed by atoms with E-state index in [2.05, 4.69) is 25.9 Å². The summed E-state index contributed by atoms with van der Waals surface area (Å²) in [5.74, 6) is -3.35. The maximum atomic E-state index is 12.5. The Labute approximate surface area is 184 Å². The Bertz CT molecular complexity index is 695. The van der Waals surface area contributed by atoms with Crippen molar-refractivity contribution in [2.24, 2.45) is 5.92 Å². The second-order valence-electron chi connectivity index (χ2n) is 8.22. The van der Waals surface area contributed by atoms with Crippen molar-refractivity contribution in [3.63, 3.8) is 0 Å². The molecule has 1 aliphatic heterocycles. The molecule has 0 saturated carbocycles. The van der Waals surface area contributed by atoms with Crippen LogP contribution in [0.15, 0.2) is 0 Å². The molecule has 2 N–H and O–H groups in total. The van der Waals surface area contributed by atoms with Gasteiger partial charge in [0.15, 0.2) is 12.2 Å². The largest absolute Gasteiger partial charge is 0.547 e. The summed E-state index contributed by atoms with van der Waals surface area (Å²) in [5, 5.41) is 16.2.